The molecule has 0 aliphatic carbocycles. The van der Waals surface area contributed by atoms with Crippen LogP contribution in [0.4, 0.5) is 4.39 Å². The highest BCUT2D eigenvalue weighted by molar-refractivity contribution is 9.10. The second kappa shape index (κ2) is 7.02. The van der Waals surface area contributed by atoms with E-state index < -0.39 is 0 Å². The van der Waals surface area contributed by atoms with Gasteiger partial charge < -0.3 is 4.74 Å². The Kier molecular flexibility index (Phi) is 4.48. The maximum Gasteiger partial charge on any atom is 0.124 e. The van der Waals surface area contributed by atoms with Crippen LogP contribution in [0.5, 0.6) is 5.75 Å². The molecule has 0 saturated carbocycles. The maximum absolute atomic E-state index is 13.4. The first-order valence-corrected chi connectivity index (χ1v) is 10.4. The molecule has 1 fully saturated rings. The molecule has 4 heteroatoms. The number of rotatable bonds is 4. The Balaban J connectivity index is 1.49. The third-order valence-electron chi connectivity index (χ3n) is 5.98. The van der Waals surface area contributed by atoms with Gasteiger partial charge in [0.25, 0.3) is 0 Å². The highest BCUT2D eigenvalue weighted by atomic mass is 79.9. The molecular weight excluding hydrogens is 417 g/mol. The van der Waals surface area contributed by atoms with E-state index in [9.17, 15) is 4.39 Å². The molecule has 2 unspecified atom stereocenters. The van der Waals surface area contributed by atoms with Crippen LogP contribution in [0.15, 0.2) is 77.3 Å². The summed E-state index contributed by atoms with van der Waals surface area (Å²) in [4.78, 5) is 2.48. The third-order valence-corrected chi connectivity index (χ3v) is 6.47. The minimum absolute atomic E-state index is 0.102. The van der Waals surface area contributed by atoms with Crippen molar-refractivity contribution in [3.8, 4) is 5.75 Å². The van der Waals surface area contributed by atoms with Crippen molar-refractivity contribution in [3.63, 3.8) is 0 Å². The summed E-state index contributed by atoms with van der Waals surface area (Å²) in [7, 11) is 0. The number of likely N-dealkylation sites (tertiary alicyclic amines) is 1. The molecule has 0 aromatic heterocycles. The number of ether oxygens (including phenoxy) is 1. The fourth-order valence-corrected chi connectivity index (χ4v) is 5.08. The summed E-state index contributed by atoms with van der Waals surface area (Å²) in [6.07, 6.45) is 0.947. The van der Waals surface area contributed by atoms with Gasteiger partial charge in [-0.05, 0) is 41.8 Å². The smallest absolute Gasteiger partial charge is 0.124 e. The zero-order chi connectivity index (χ0) is 19.1. The molecule has 2 heterocycles. The topological polar surface area (TPSA) is 12.5 Å². The predicted molar refractivity (Wildman–Crippen MR) is 112 cm³/mol. The normalized spacial score (nSPS) is 23.3. The van der Waals surface area contributed by atoms with Crippen molar-refractivity contribution in [1.82, 2.24) is 4.90 Å². The Bertz CT molecular complexity index is 991. The summed E-state index contributed by atoms with van der Waals surface area (Å²) in [6.45, 7) is 2.73. The molecule has 3 aromatic carbocycles. The molecule has 2 atom stereocenters. The molecule has 3 aromatic rings. The molecule has 2 aliphatic heterocycles. The molecular formula is C24H21BrFNO. The van der Waals surface area contributed by atoms with E-state index in [2.05, 4.69) is 69.4 Å². The Morgan fingerprint density at radius 1 is 1.00 bits per heavy atom. The number of benzene rings is 3. The fourth-order valence-electron chi connectivity index (χ4n) is 4.74. The lowest BCUT2D eigenvalue weighted by Gasteiger charge is -2.28. The standard InChI is InChI=1S/C24H21BrFNO/c25-19-8-11-21-22(12-19)28-23-15-27(14-18-4-2-1-3-5-18)16-24(21,23)13-17-6-9-20(26)10-7-17/h1-12,23H,13-16H2. The number of hydrogen-bond donors (Lipinski definition) is 0. The van der Waals surface area contributed by atoms with E-state index in [1.165, 1.54) is 11.1 Å². The highest BCUT2D eigenvalue weighted by Crippen LogP contribution is 2.50. The average molecular weight is 438 g/mol. The number of halogens is 2. The van der Waals surface area contributed by atoms with Crippen LogP contribution in [-0.4, -0.2) is 24.1 Å². The minimum Gasteiger partial charge on any atom is -0.488 e. The largest absolute Gasteiger partial charge is 0.488 e. The Hall–Kier alpha value is -2.17. The number of hydrogen-bond acceptors (Lipinski definition) is 2. The van der Waals surface area contributed by atoms with Crippen molar-refractivity contribution in [1.29, 1.82) is 0 Å². The quantitative estimate of drug-likeness (QED) is 0.545. The van der Waals surface area contributed by atoms with Crippen LogP contribution in [-0.2, 0) is 18.4 Å². The highest BCUT2D eigenvalue weighted by Gasteiger charge is 2.54. The summed E-state index contributed by atoms with van der Waals surface area (Å²) in [5.41, 5.74) is 3.62. The Morgan fingerprint density at radius 2 is 1.79 bits per heavy atom. The molecule has 0 spiro atoms. The van der Waals surface area contributed by atoms with E-state index >= 15 is 0 Å². The van der Waals surface area contributed by atoms with Crippen LogP contribution < -0.4 is 4.74 Å². The monoisotopic (exact) mass is 437 g/mol. The first-order valence-electron chi connectivity index (χ1n) is 9.60. The van der Waals surface area contributed by atoms with Gasteiger partial charge in [0.05, 0.1) is 5.41 Å². The first-order chi connectivity index (χ1) is 13.6. The summed E-state index contributed by atoms with van der Waals surface area (Å²) in [5, 5.41) is 0. The van der Waals surface area contributed by atoms with Crippen molar-refractivity contribution in [2.75, 3.05) is 13.1 Å². The van der Waals surface area contributed by atoms with E-state index in [-0.39, 0.29) is 17.3 Å². The molecule has 0 amide bonds. The van der Waals surface area contributed by atoms with Gasteiger partial charge in [0.2, 0.25) is 0 Å². The van der Waals surface area contributed by atoms with Gasteiger partial charge in [-0.15, -0.1) is 0 Å². The average Bonchev–Trinajstić information content (AvgIpc) is 3.15. The van der Waals surface area contributed by atoms with Crippen molar-refractivity contribution in [2.45, 2.75) is 24.5 Å². The van der Waals surface area contributed by atoms with Gasteiger partial charge in [-0.3, -0.25) is 4.90 Å². The summed E-state index contributed by atoms with van der Waals surface area (Å²) in [6, 6.07) is 23.8. The molecule has 2 nitrogen and oxygen atoms in total. The summed E-state index contributed by atoms with van der Waals surface area (Å²) >= 11 is 3.56. The molecule has 0 radical (unpaired) electrons. The van der Waals surface area contributed by atoms with E-state index in [0.717, 1.165) is 41.8 Å². The summed E-state index contributed by atoms with van der Waals surface area (Å²) in [5.74, 6) is 0.780. The Morgan fingerprint density at radius 3 is 2.57 bits per heavy atom. The lowest BCUT2D eigenvalue weighted by atomic mass is 9.74. The molecule has 2 aliphatic rings. The van der Waals surface area contributed by atoms with E-state index in [0.29, 0.717) is 0 Å². The zero-order valence-corrected chi connectivity index (χ0v) is 17.0. The minimum atomic E-state index is -0.193. The first kappa shape index (κ1) is 17.9. The maximum atomic E-state index is 13.4. The van der Waals surface area contributed by atoms with Gasteiger partial charge in [0, 0.05) is 29.7 Å². The molecule has 0 bridgehead atoms. The zero-order valence-electron chi connectivity index (χ0n) is 15.4. The molecule has 28 heavy (non-hydrogen) atoms. The molecule has 1 saturated heterocycles. The second-order valence-corrected chi connectivity index (χ2v) is 8.78. The third kappa shape index (κ3) is 3.15. The van der Waals surface area contributed by atoms with Gasteiger partial charge in [0.15, 0.2) is 0 Å². The van der Waals surface area contributed by atoms with Gasteiger partial charge in [-0.2, -0.15) is 0 Å². The SMILES string of the molecule is Fc1ccc(CC23CN(Cc4ccccc4)CC2Oc2cc(Br)ccc23)cc1. The lowest BCUT2D eigenvalue weighted by molar-refractivity contribution is 0.182. The van der Waals surface area contributed by atoms with E-state index in [1.807, 2.05) is 12.1 Å². The van der Waals surface area contributed by atoms with Gasteiger partial charge >= 0.3 is 0 Å². The second-order valence-electron chi connectivity index (χ2n) is 7.86. The van der Waals surface area contributed by atoms with Crippen molar-refractivity contribution >= 4 is 15.9 Å². The Labute approximate surface area is 173 Å². The van der Waals surface area contributed by atoms with Crippen LogP contribution in [0, 0.1) is 5.82 Å². The van der Waals surface area contributed by atoms with Gasteiger partial charge in [0.1, 0.15) is 17.7 Å². The van der Waals surface area contributed by atoms with Crippen LogP contribution in [0.2, 0.25) is 0 Å². The molecule has 5 rings (SSSR count). The number of fused-ring (bicyclic) bond motifs is 3. The van der Waals surface area contributed by atoms with Crippen LogP contribution >= 0.6 is 15.9 Å². The van der Waals surface area contributed by atoms with Gasteiger partial charge in [-0.1, -0.05) is 64.5 Å². The van der Waals surface area contributed by atoms with Crippen molar-refractivity contribution in [2.24, 2.45) is 0 Å². The lowest BCUT2D eigenvalue weighted by Crippen LogP contribution is -2.39. The molecule has 0 N–H and O–H groups in total. The fraction of sp³-hybridized carbons (Fsp3) is 0.250. The van der Waals surface area contributed by atoms with E-state index in [1.54, 1.807) is 12.1 Å². The van der Waals surface area contributed by atoms with Gasteiger partial charge in [-0.25, -0.2) is 4.39 Å². The van der Waals surface area contributed by atoms with Crippen LogP contribution in [0.25, 0.3) is 0 Å². The van der Waals surface area contributed by atoms with E-state index in [4.69, 9.17) is 4.74 Å². The summed E-state index contributed by atoms with van der Waals surface area (Å²) < 4.78 is 20.9. The van der Waals surface area contributed by atoms with Crippen LogP contribution in [0.1, 0.15) is 16.7 Å². The van der Waals surface area contributed by atoms with Crippen molar-refractivity contribution in [3.05, 3.63) is 99.8 Å². The van der Waals surface area contributed by atoms with Crippen molar-refractivity contribution < 1.29 is 9.13 Å². The number of nitrogens with zero attached hydrogens (tertiary/aromatic N) is 1. The molecule has 142 valence electrons. The predicted octanol–water partition coefficient (Wildman–Crippen LogP) is 5.35. The van der Waals surface area contributed by atoms with Crippen LogP contribution in [0.3, 0.4) is 0 Å².